The Morgan fingerprint density at radius 1 is 1.33 bits per heavy atom. The van der Waals surface area contributed by atoms with Gasteiger partial charge in [0.1, 0.15) is 0 Å². The molecule has 0 amide bonds. The van der Waals surface area contributed by atoms with Crippen LogP contribution < -0.4 is 10.2 Å². The van der Waals surface area contributed by atoms with Gasteiger partial charge in [0.2, 0.25) is 0 Å². The van der Waals surface area contributed by atoms with Gasteiger partial charge in [-0.1, -0.05) is 0 Å². The summed E-state index contributed by atoms with van der Waals surface area (Å²) in [5, 5.41) is 6.99. The summed E-state index contributed by atoms with van der Waals surface area (Å²) < 4.78 is 0. The van der Waals surface area contributed by atoms with Crippen LogP contribution in [0.3, 0.4) is 0 Å². The van der Waals surface area contributed by atoms with Gasteiger partial charge in [0.05, 0.1) is 5.00 Å². The fraction of sp³-hybridized carbons (Fsp3) is 0.667. The Morgan fingerprint density at radius 2 is 2.10 bits per heavy atom. The minimum atomic E-state index is 0. The zero-order valence-electron chi connectivity index (χ0n) is 12.6. The van der Waals surface area contributed by atoms with Crippen LogP contribution in [0.5, 0.6) is 0 Å². The fourth-order valence-corrected chi connectivity index (χ4v) is 3.32. The van der Waals surface area contributed by atoms with Crippen LogP contribution >= 0.6 is 35.3 Å². The summed E-state index contributed by atoms with van der Waals surface area (Å²) in [5.74, 6) is 1.97. The average Bonchev–Trinajstić information content (AvgIpc) is 3.15. The topological polar surface area (TPSA) is 30.9 Å². The van der Waals surface area contributed by atoms with Crippen LogP contribution in [0.1, 0.15) is 19.8 Å². The van der Waals surface area contributed by atoms with Crippen LogP contribution in [0.2, 0.25) is 0 Å². The van der Waals surface area contributed by atoms with Gasteiger partial charge in [-0.05, 0) is 43.2 Å². The minimum absolute atomic E-state index is 0. The van der Waals surface area contributed by atoms with Crippen molar-refractivity contribution in [2.24, 2.45) is 10.9 Å². The summed E-state index contributed by atoms with van der Waals surface area (Å²) in [7, 11) is 0. The Balaban J connectivity index is 0.00000161. The summed E-state index contributed by atoms with van der Waals surface area (Å²) >= 11 is 1.83. The maximum atomic E-state index is 4.80. The van der Waals surface area contributed by atoms with Crippen molar-refractivity contribution in [3.8, 4) is 0 Å². The first-order chi connectivity index (χ1) is 9.86. The predicted molar refractivity (Wildman–Crippen MR) is 102 cm³/mol. The number of nitrogens with one attached hydrogen (secondary N) is 1. The van der Waals surface area contributed by atoms with E-state index >= 15 is 0 Å². The molecule has 2 fully saturated rings. The molecule has 1 saturated heterocycles. The Labute approximate surface area is 148 Å². The van der Waals surface area contributed by atoms with Crippen LogP contribution in [0.15, 0.2) is 22.5 Å². The predicted octanol–water partition coefficient (Wildman–Crippen LogP) is 2.86. The van der Waals surface area contributed by atoms with Crippen molar-refractivity contribution in [3.63, 3.8) is 0 Å². The molecule has 1 aliphatic heterocycles. The molecule has 0 atom stereocenters. The molecule has 0 radical (unpaired) electrons. The van der Waals surface area contributed by atoms with Gasteiger partial charge in [-0.15, -0.1) is 35.3 Å². The number of anilines is 1. The lowest BCUT2D eigenvalue weighted by atomic mass is 10.3. The molecule has 3 rings (SSSR count). The van der Waals surface area contributed by atoms with Crippen LogP contribution in [-0.2, 0) is 0 Å². The minimum Gasteiger partial charge on any atom is -0.360 e. The number of piperazine rings is 1. The molecule has 0 aromatic carbocycles. The molecule has 118 valence electrons. The van der Waals surface area contributed by atoms with Crippen molar-refractivity contribution in [2.75, 3.05) is 44.2 Å². The van der Waals surface area contributed by atoms with Gasteiger partial charge >= 0.3 is 0 Å². The second-order valence-corrected chi connectivity index (χ2v) is 6.49. The number of halogens is 1. The molecule has 0 unspecified atom stereocenters. The Morgan fingerprint density at radius 3 is 2.67 bits per heavy atom. The highest BCUT2D eigenvalue weighted by molar-refractivity contribution is 14.0. The largest absolute Gasteiger partial charge is 0.360 e. The van der Waals surface area contributed by atoms with Crippen molar-refractivity contribution in [1.82, 2.24) is 10.2 Å². The first-order valence-corrected chi connectivity index (χ1v) is 8.56. The summed E-state index contributed by atoms with van der Waals surface area (Å²) in [6, 6.07) is 4.35. The molecule has 2 heterocycles. The maximum absolute atomic E-state index is 4.80. The third-order valence-corrected chi connectivity index (χ3v) is 4.86. The van der Waals surface area contributed by atoms with Gasteiger partial charge in [-0.3, -0.25) is 4.99 Å². The molecule has 4 nitrogen and oxygen atoms in total. The first kappa shape index (κ1) is 16.9. The van der Waals surface area contributed by atoms with E-state index in [1.54, 1.807) is 0 Å². The zero-order chi connectivity index (χ0) is 13.8. The third kappa shape index (κ3) is 4.74. The Hall–Kier alpha value is -0.500. The number of nitrogens with zero attached hydrogens (tertiary/aromatic N) is 3. The highest BCUT2D eigenvalue weighted by Gasteiger charge is 2.23. The number of guanidine groups is 1. The van der Waals surface area contributed by atoms with Gasteiger partial charge in [0.15, 0.2) is 5.96 Å². The SMILES string of the molecule is CCNC(=NCC1CC1)N1CCN(c2cccs2)CC1.I. The van der Waals surface area contributed by atoms with Crippen molar-refractivity contribution in [2.45, 2.75) is 19.8 Å². The van der Waals surface area contributed by atoms with Gasteiger partial charge in [-0.2, -0.15) is 0 Å². The van der Waals surface area contributed by atoms with E-state index < -0.39 is 0 Å². The fourth-order valence-electron chi connectivity index (χ4n) is 2.53. The van der Waals surface area contributed by atoms with Crippen LogP contribution in [0, 0.1) is 5.92 Å². The number of hydrogen-bond acceptors (Lipinski definition) is 3. The molecule has 1 N–H and O–H groups in total. The second-order valence-electron chi connectivity index (χ2n) is 5.56. The van der Waals surface area contributed by atoms with E-state index in [0.29, 0.717) is 0 Å². The van der Waals surface area contributed by atoms with Crippen LogP contribution in [-0.4, -0.2) is 50.1 Å². The summed E-state index contributed by atoms with van der Waals surface area (Å²) in [4.78, 5) is 9.69. The zero-order valence-corrected chi connectivity index (χ0v) is 15.8. The number of aliphatic imine (C=N–C) groups is 1. The standard InChI is InChI=1S/C15H24N4S.HI/c1-2-16-15(17-12-13-5-6-13)19-9-7-18(8-10-19)14-4-3-11-20-14;/h3-4,11,13H,2,5-10,12H2,1H3,(H,16,17);1H. The van der Waals surface area contributed by atoms with Crippen LogP contribution in [0.25, 0.3) is 0 Å². The monoisotopic (exact) mass is 420 g/mol. The lowest BCUT2D eigenvalue weighted by Crippen LogP contribution is -2.52. The van der Waals surface area contributed by atoms with Gasteiger partial charge in [0.25, 0.3) is 0 Å². The van der Waals surface area contributed by atoms with Gasteiger partial charge in [-0.25, -0.2) is 0 Å². The third-order valence-electron chi connectivity index (χ3n) is 3.93. The molecule has 0 bridgehead atoms. The summed E-state index contributed by atoms with van der Waals surface area (Å²) in [6.45, 7) is 8.42. The van der Waals surface area contributed by atoms with Crippen molar-refractivity contribution >= 4 is 46.3 Å². The second kappa shape index (κ2) is 8.22. The molecule has 1 saturated carbocycles. The molecule has 0 spiro atoms. The maximum Gasteiger partial charge on any atom is 0.194 e. The summed E-state index contributed by atoms with van der Waals surface area (Å²) in [6.07, 6.45) is 2.74. The highest BCUT2D eigenvalue weighted by atomic mass is 127. The molecule has 1 aromatic rings. The van der Waals surface area contributed by atoms with E-state index in [1.807, 2.05) is 11.3 Å². The van der Waals surface area contributed by atoms with E-state index in [-0.39, 0.29) is 24.0 Å². The van der Waals surface area contributed by atoms with Crippen molar-refractivity contribution in [3.05, 3.63) is 17.5 Å². The van der Waals surface area contributed by atoms with E-state index in [1.165, 1.54) is 17.8 Å². The Bertz CT molecular complexity index is 437. The number of thiophene rings is 1. The van der Waals surface area contributed by atoms with Gasteiger partial charge < -0.3 is 15.1 Å². The van der Waals surface area contributed by atoms with Crippen molar-refractivity contribution < 1.29 is 0 Å². The summed E-state index contributed by atoms with van der Waals surface area (Å²) in [5.41, 5.74) is 0. The molecular weight excluding hydrogens is 395 g/mol. The van der Waals surface area contributed by atoms with Crippen molar-refractivity contribution in [1.29, 1.82) is 0 Å². The lowest BCUT2D eigenvalue weighted by Gasteiger charge is -2.37. The van der Waals surface area contributed by atoms with E-state index in [2.05, 4.69) is 39.6 Å². The van der Waals surface area contributed by atoms with Gasteiger partial charge in [0, 0.05) is 39.3 Å². The molecule has 1 aromatic heterocycles. The molecule has 6 heteroatoms. The Kier molecular flexibility index (Phi) is 6.60. The van der Waals surface area contributed by atoms with E-state index in [9.17, 15) is 0 Å². The smallest absolute Gasteiger partial charge is 0.194 e. The highest BCUT2D eigenvalue weighted by Crippen LogP contribution is 2.29. The quantitative estimate of drug-likeness (QED) is 0.462. The molecule has 2 aliphatic rings. The number of hydrogen-bond donors (Lipinski definition) is 1. The molecule has 21 heavy (non-hydrogen) atoms. The first-order valence-electron chi connectivity index (χ1n) is 7.68. The average molecular weight is 420 g/mol. The lowest BCUT2D eigenvalue weighted by molar-refractivity contribution is 0.373. The normalized spacial score (nSPS) is 19.4. The molecule has 1 aliphatic carbocycles. The van der Waals surface area contributed by atoms with Crippen LogP contribution in [0.4, 0.5) is 5.00 Å². The number of rotatable bonds is 4. The van der Waals surface area contributed by atoms with E-state index in [4.69, 9.17) is 4.99 Å². The van der Waals surface area contributed by atoms with E-state index in [0.717, 1.165) is 51.1 Å². The molecular formula is C15H25IN4S.